The number of fused-ring (bicyclic) bond motifs is 2. The number of nitrogens with one attached hydrogen (secondary N) is 1. The van der Waals surface area contributed by atoms with E-state index >= 15 is 0 Å². The van der Waals surface area contributed by atoms with Crippen LogP contribution in [0.4, 0.5) is 0 Å². The summed E-state index contributed by atoms with van der Waals surface area (Å²) in [6.07, 6.45) is 3.52. The number of rotatable bonds is 3. The molecule has 4 unspecified atom stereocenters. The number of aryl methyl sites for hydroxylation is 2. The molecule has 0 saturated heterocycles. The zero-order valence-electron chi connectivity index (χ0n) is 11.5. The summed E-state index contributed by atoms with van der Waals surface area (Å²) in [6.45, 7) is 2.10. The normalized spacial score (nSPS) is 32.8. The van der Waals surface area contributed by atoms with Crippen molar-refractivity contribution in [1.29, 1.82) is 0 Å². The van der Waals surface area contributed by atoms with E-state index in [9.17, 15) is 9.90 Å². The summed E-state index contributed by atoms with van der Waals surface area (Å²) in [5.74, 6) is 1.24. The van der Waals surface area contributed by atoms with E-state index < -0.39 is 0 Å². The van der Waals surface area contributed by atoms with Gasteiger partial charge >= 0.3 is 0 Å². The molecule has 1 aromatic heterocycles. The van der Waals surface area contributed by atoms with Gasteiger partial charge in [-0.15, -0.1) is 0 Å². The molecule has 19 heavy (non-hydrogen) atoms. The summed E-state index contributed by atoms with van der Waals surface area (Å²) in [5.41, 5.74) is 1.44. The monoisotopic (exact) mass is 263 g/mol. The number of carbonyl (C=O) groups is 1. The fraction of sp³-hybridized carbons (Fsp3) is 0.714. The van der Waals surface area contributed by atoms with E-state index in [0.717, 1.165) is 12.1 Å². The molecule has 3 rings (SSSR count). The Kier molecular flexibility index (Phi) is 3.09. The summed E-state index contributed by atoms with van der Waals surface area (Å²) in [4.78, 5) is 12.2. The standard InChI is InChI=1S/C14H21N3O2/c1-8-5-12(16-17(8)2)14(19)15-13-10-4-3-9(6-10)11(13)7-18/h5,9-11,13,18H,3-4,6-7H2,1-2H3,(H,15,19). The van der Waals surface area contributed by atoms with Crippen LogP contribution >= 0.6 is 0 Å². The Morgan fingerprint density at radius 1 is 1.53 bits per heavy atom. The largest absolute Gasteiger partial charge is 0.396 e. The second-order valence-electron chi connectivity index (χ2n) is 5.97. The fourth-order valence-electron chi connectivity index (χ4n) is 3.79. The van der Waals surface area contributed by atoms with Crippen molar-refractivity contribution in [3.05, 3.63) is 17.5 Å². The third-order valence-corrected chi connectivity index (χ3v) is 4.94. The lowest BCUT2D eigenvalue weighted by Gasteiger charge is -2.30. The highest BCUT2D eigenvalue weighted by Gasteiger charge is 2.47. The smallest absolute Gasteiger partial charge is 0.272 e. The molecule has 1 aromatic rings. The van der Waals surface area contributed by atoms with Crippen LogP contribution in [-0.4, -0.2) is 33.4 Å². The molecule has 1 amide bonds. The van der Waals surface area contributed by atoms with E-state index in [-0.39, 0.29) is 24.5 Å². The minimum Gasteiger partial charge on any atom is -0.396 e. The third kappa shape index (κ3) is 2.06. The van der Waals surface area contributed by atoms with Crippen LogP contribution in [0.3, 0.4) is 0 Å². The van der Waals surface area contributed by atoms with E-state index in [1.54, 1.807) is 10.7 Å². The van der Waals surface area contributed by atoms with Crippen LogP contribution in [0.2, 0.25) is 0 Å². The molecule has 2 N–H and O–H groups in total. The van der Waals surface area contributed by atoms with Gasteiger partial charge in [0.05, 0.1) is 0 Å². The number of nitrogens with zero attached hydrogens (tertiary/aromatic N) is 2. The molecule has 2 saturated carbocycles. The van der Waals surface area contributed by atoms with Crippen LogP contribution in [0, 0.1) is 24.7 Å². The minimum atomic E-state index is -0.111. The Morgan fingerprint density at radius 3 is 2.89 bits per heavy atom. The Hall–Kier alpha value is -1.36. The molecule has 2 aliphatic carbocycles. The third-order valence-electron chi connectivity index (χ3n) is 4.94. The first kappa shape index (κ1) is 12.7. The lowest BCUT2D eigenvalue weighted by atomic mass is 9.85. The van der Waals surface area contributed by atoms with Gasteiger partial charge in [-0.25, -0.2) is 0 Å². The van der Waals surface area contributed by atoms with Gasteiger partial charge in [0.25, 0.3) is 5.91 Å². The number of aliphatic hydroxyl groups excluding tert-OH is 1. The molecule has 0 spiro atoms. The first-order chi connectivity index (χ1) is 9.10. The molecule has 104 valence electrons. The lowest BCUT2D eigenvalue weighted by Crippen LogP contribution is -2.45. The van der Waals surface area contributed by atoms with Crippen LogP contribution < -0.4 is 5.32 Å². The van der Waals surface area contributed by atoms with Crippen molar-refractivity contribution < 1.29 is 9.90 Å². The van der Waals surface area contributed by atoms with Gasteiger partial charge in [0, 0.05) is 31.3 Å². The van der Waals surface area contributed by atoms with E-state index in [2.05, 4.69) is 10.4 Å². The number of hydrogen-bond donors (Lipinski definition) is 2. The lowest BCUT2D eigenvalue weighted by molar-refractivity contribution is 0.0856. The second-order valence-corrected chi connectivity index (χ2v) is 5.97. The number of carbonyl (C=O) groups excluding carboxylic acids is 1. The average molecular weight is 263 g/mol. The van der Waals surface area contributed by atoms with Crippen LogP contribution in [-0.2, 0) is 7.05 Å². The van der Waals surface area contributed by atoms with Gasteiger partial charge in [-0.05, 0) is 44.1 Å². The Bertz CT molecular complexity index is 477. The predicted molar refractivity (Wildman–Crippen MR) is 70.6 cm³/mol. The molecule has 2 fully saturated rings. The number of amides is 1. The molecule has 0 radical (unpaired) electrons. The SMILES string of the molecule is Cc1cc(C(=O)NC2C3CCC(C3)C2CO)nn1C. The van der Waals surface area contributed by atoms with Crippen molar-refractivity contribution in [3.8, 4) is 0 Å². The maximum Gasteiger partial charge on any atom is 0.272 e. The minimum absolute atomic E-state index is 0.111. The van der Waals surface area contributed by atoms with E-state index in [1.165, 1.54) is 12.8 Å². The maximum absolute atomic E-state index is 12.2. The molecule has 5 nitrogen and oxygen atoms in total. The first-order valence-electron chi connectivity index (χ1n) is 7.02. The van der Waals surface area contributed by atoms with Gasteiger partial charge in [-0.3, -0.25) is 9.48 Å². The van der Waals surface area contributed by atoms with E-state index in [1.807, 2.05) is 14.0 Å². The Labute approximate surface area is 113 Å². The molecule has 0 aromatic carbocycles. The summed E-state index contributed by atoms with van der Waals surface area (Å²) in [7, 11) is 1.83. The van der Waals surface area contributed by atoms with Crippen molar-refractivity contribution in [2.45, 2.75) is 32.2 Å². The Balaban J connectivity index is 1.72. The quantitative estimate of drug-likeness (QED) is 0.850. The predicted octanol–water partition coefficient (Wildman–Crippen LogP) is 0.865. The van der Waals surface area contributed by atoms with Crippen LogP contribution in [0.5, 0.6) is 0 Å². The molecule has 0 aliphatic heterocycles. The summed E-state index contributed by atoms with van der Waals surface area (Å²) >= 11 is 0. The maximum atomic E-state index is 12.2. The molecule has 1 heterocycles. The highest BCUT2D eigenvalue weighted by molar-refractivity contribution is 5.92. The van der Waals surface area contributed by atoms with Gasteiger partial charge in [0.1, 0.15) is 5.69 Å². The topological polar surface area (TPSA) is 67.2 Å². The van der Waals surface area contributed by atoms with Crippen molar-refractivity contribution in [1.82, 2.24) is 15.1 Å². The second kappa shape index (κ2) is 4.63. The van der Waals surface area contributed by atoms with E-state index in [0.29, 0.717) is 17.5 Å². The molecule has 5 heteroatoms. The number of aliphatic hydroxyl groups is 1. The van der Waals surface area contributed by atoms with Gasteiger partial charge in [0.2, 0.25) is 0 Å². The Morgan fingerprint density at radius 2 is 2.26 bits per heavy atom. The van der Waals surface area contributed by atoms with Gasteiger partial charge in [0.15, 0.2) is 0 Å². The van der Waals surface area contributed by atoms with Crippen molar-refractivity contribution >= 4 is 5.91 Å². The van der Waals surface area contributed by atoms with Gasteiger partial charge < -0.3 is 10.4 Å². The first-order valence-corrected chi connectivity index (χ1v) is 7.02. The van der Waals surface area contributed by atoms with Crippen LogP contribution in [0.15, 0.2) is 6.07 Å². The van der Waals surface area contributed by atoms with Crippen molar-refractivity contribution in [2.24, 2.45) is 24.8 Å². The molecule has 2 aliphatic rings. The molecule has 4 atom stereocenters. The van der Waals surface area contributed by atoms with Crippen LogP contribution in [0.1, 0.15) is 35.4 Å². The average Bonchev–Trinajstić information content (AvgIpc) is 3.05. The zero-order chi connectivity index (χ0) is 13.6. The highest BCUT2D eigenvalue weighted by Crippen LogP contribution is 2.48. The summed E-state index contributed by atoms with van der Waals surface area (Å²) in [5, 5.41) is 16.8. The summed E-state index contributed by atoms with van der Waals surface area (Å²) in [6, 6.07) is 1.93. The summed E-state index contributed by atoms with van der Waals surface area (Å²) < 4.78 is 1.71. The van der Waals surface area contributed by atoms with Gasteiger partial charge in [-0.2, -0.15) is 5.10 Å². The zero-order valence-corrected chi connectivity index (χ0v) is 11.5. The number of aromatic nitrogens is 2. The fourth-order valence-corrected chi connectivity index (χ4v) is 3.79. The highest BCUT2D eigenvalue weighted by atomic mass is 16.3. The van der Waals surface area contributed by atoms with Crippen molar-refractivity contribution in [3.63, 3.8) is 0 Å². The molecule has 2 bridgehead atoms. The number of hydrogen-bond acceptors (Lipinski definition) is 3. The van der Waals surface area contributed by atoms with E-state index in [4.69, 9.17) is 0 Å². The molecular weight excluding hydrogens is 242 g/mol. The molecular formula is C14H21N3O2. The van der Waals surface area contributed by atoms with Crippen molar-refractivity contribution in [2.75, 3.05) is 6.61 Å². The van der Waals surface area contributed by atoms with Gasteiger partial charge in [-0.1, -0.05) is 0 Å². The van der Waals surface area contributed by atoms with Crippen LogP contribution in [0.25, 0.3) is 0 Å².